The lowest BCUT2D eigenvalue weighted by Gasteiger charge is -2.22. The molecule has 0 saturated carbocycles. The molecule has 1 atom stereocenters. The van der Waals surface area contributed by atoms with Crippen LogP contribution in [0.2, 0.25) is 0 Å². The van der Waals surface area contributed by atoms with Gasteiger partial charge in [0.25, 0.3) is 5.91 Å². The molecule has 0 spiro atoms. The highest BCUT2D eigenvalue weighted by molar-refractivity contribution is 6.07. The maximum absolute atomic E-state index is 14.0. The molecule has 178 valence electrons. The van der Waals surface area contributed by atoms with Gasteiger partial charge < -0.3 is 9.80 Å². The Morgan fingerprint density at radius 2 is 1.97 bits per heavy atom. The van der Waals surface area contributed by atoms with Gasteiger partial charge in [-0.05, 0) is 80.7 Å². The van der Waals surface area contributed by atoms with E-state index in [1.54, 1.807) is 6.07 Å². The predicted octanol–water partition coefficient (Wildman–Crippen LogP) is 6.66. The molecule has 0 radical (unpaired) electrons. The molecule has 3 rings (SSSR count). The lowest BCUT2D eigenvalue weighted by atomic mass is 9.96. The first-order valence-electron chi connectivity index (χ1n) is 11.4. The normalized spacial score (nSPS) is 15.7. The minimum Gasteiger partial charge on any atom is -0.307 e. The Hall–Kier alpha value is -2.67. The van der Waals surface area contributed by atoms with Crippen molar-refractivity contribution < 1.29 is 22.4 Å². The number of halogens is 4. The highest BCUT2D eigenvalue weighted by Crippen LogP contribution is 2.40. The summed E-state index contributed by atoms with van der Waals surface area (Å²) in [7, 11) is 0. The Labute approximate surface area is 192 Å². The van der Waals surface area contributed by atoms with Crippen molar-refractivity contribution >= 4 is 11.6 Å². The van der Waals surface area contributed by atoms with Gasteiger partial charge in [-0.25, -0.2) is 4.39 Å². The number of rotatable bonds is 10. The molecule has 1 amide bonds. The largest absolute Gasteiger partial charge is 0.416 e. The van der Waals surface area contributed by atoms with Crippen molar-refractivity contribution in [3.8, 4) is 0 Å². The molecule has 0 N–H and O–H groups in total. The molecule has 0 saturated heterocycles. The van der Waals surface area contributed by atoms with E-state index >= 15 is 0 Å². The van der Waals surface area contributed by atoms with Crippen LogP contribution in [0.25, 0.3) is 0 Å². The predicted molar refractivity (Wildman–Crippen MR) is 123 cm³/mol. The van der Waals surface area contributed by atoms with E-state index in [1.807, 2.05) is 6.08 Å². The molecule has 1 aliphatic heterocycles. The number of alkyl halides is 3. The fourth-order valence-electron chi connectivity index (χ4n) is 4.43. The van der Waals surface area contributed by atoms with Crippen molar-refractivity contribution in [2.45, 2.75) is 44.7 Å². The molecular weight excluding hydrogens is 432 g/mol. The van der Waals surface area contributed by atoms with E-state index in [9.17, 15) is 22.4 Å². The van der Waals surface area contributed by atoms with E-state index in [0.29, 0.717) is 12.2 Å². The molecule has 1 heterocycles. The molecule has 0 fully saturated rings. The first-order valence-corrected chi connectivity index (χ1v) is 11.4. The SMILES string of the molecule is C=CCCN(CCC)CCCC1CN(C(=O)c2cccc(C(F)(F)F)c2)c2ccc(F)cc21. The molecule has 0 aromatic heterocycles. The molecule has 33 heavy (non-hydrogen) atoms. The van der Waals surface area contributed by atoms with Crippen LogP contribution in [0.3, 0.4) is 0 Å². The second-order valence-corrected chi connectivity index (χ2v) is 8.46. The third kappa shape index (κ3) is 6.22. The Morgan fingerprint density at radius 1 is 1.18 bits per heavy atom. The lowest BCUT2D eigenvalue weighted by molar-refractivity contribution is -0.137. The van der Waals surface area contributed by atoms with Crippen LogP contribution in [0.5, 0.6) is 0 Å². The van der Waals surface area contributed by atoms with E-state index in [4.69, 9.17) is 0 Å². The van der Waals surface area contributed by atoms with E-state index in [0.717, 1.165) is 63.0 Å². The first-order chi connectivity index (χ1) is 15.7. The first kappa shape index (κ1) is 25.0. The average molecular weight is 463 g/mol. The fourth-order valence-corrected chi connectivity index (χ4v) is 4.43. The van der Waals surface area contributed by atoms with Crippen molar-refractivity contribution in [1.29, 1.82) is 0 Å². The van der Waals surface area contributed by atoms with E-state index in [1.165, 1.54) is 29.2 Å². The summed E-state index contributed by atoms with van der Waals surface area (Å²) in [5, 5.41) is 0. The molecule has 7 heteroatoms. The van der Waals surface area contributed by atoms with Gasteiger partial charge in [0.05, 0.1) is 5.56 Å². The Bertz CT molecular complexity index is 973. The van der Waals surface area contributed by atoms with Crippen LogP contribution in [0.1, 0.15) is 60.0 Å². The third-order valence-corrected chi connectivity index (χ3v) is 6.02. The number of amides is 1. The van der Waals surface area contributed by atoms with Gasteiger partial charge in [-0.1, -0.05) is 19.1 Å². The van der Waals surface area contributed by atoms with E-state index in [2.05, 4.69) is 18.4 Å². The third-order valence-electron chi connectivity index (χ3n) is 6.02. The molecule has 2 aromatic carbocycles. The molecule has 1 unspecified atom stereocenters. The molecule has 0 aliphatic carbocycles. The summed E-state index contributed by atoms with van der Waals surface area (Å²) >= 11 is 0. The van der Waals surface area contributed by atoms with Crippen LogP contribution < -0.4 is 4.90 Å². The number of hydrogen-bond donors (Lipinski definition) is 0. The zero-order valence-corrected chi connectivity index (χ0v) is 18.9. The molecule has 1 aliphatic rings. The number of carbonyl (C=O) groups excluding carboxylic acids is 1. The topological polar surface area (TPSA) is 23.6 Å². The van der Waals surface area contributed by atoms with Crippen molar-refractivity contribution in [1.82, 2.24) is 4.90 Å². The van der Waals surface area contributed by atoms with Gasteiger partial charge in [-0.15, -0.1) is 6.58 Å². The van der Waals surface area contributed by atoms with Crippen molar-refractivity contribution in [3.05, 3.63) is 77.6 Å². The summed E-state index contributed by atoms with van der Waals surface area (Å²) < 4.78 is 53.4. The van der Waals surface area contributed by atoms with Crippen LogP contribution in [0.15, 0.2) is 55.1 Å². The van der Waals surface area contributed by atoms with Gasteiger partial charge in [0.2, 0.25) is 0 Å². The highest BCUT2D eigenvalue weighted by atomic mass is 19.4. The monoisotopic (exact) mass is 462 g/mol. The van der Waals surface area contributed by atoms with Crippen LogP contribution in [0, 0.1) is 5.82 Å². The van der Waals surface area contributed by atoms with Crippen molar-refractivity contribution in [2.24, 2.45) is 0 Å². The standard InChI is InChI=1S/C26H30F4N2O/c1-3-5-14-31(13-4-2)15-7-9-20-18-32(24-12-11-22(27)17-23(20)24)25(33)19-8-6-10-21(16-19)26(28,29)30/h3,6,8,10-12,16-17,20H,1,4-5,7,9,13-15,18H2,2H3. The molecular formula is C26H30F4N2O. The van der Waals surface area contributed by atoms with Gasteiger partial charge in [0.1, 0.15) is 5.82 Å². The quantitative estimate of drug-likeness (QED) is 0.291. The number of nitrogens with zero attached hydrogens (tertiary/aromatic N) is 2. The van der Waals surface area contributed by atoms with Gasteiger partial charge >= 0.3 is 6.18 Å². The van der Waals surface area contributed by atoms with Crippen molar-refractivity contribution in [3.63, 3.8) is 0 Å². The lowest BCUT2D eigenvalue weighted by Crippen LogP contribution is -2.30. The average Bonchev–Trinajstić information content (AvgIpc) is 3.14. The van der Waals surface area contributed by atoms with Crippen LogP contribution >= 0.6 is 0 Å². The maximum atomic E-state index is 14.0. The van der Waals surface area contributed by atoms with Gasteiger partial charge in [-0.3, -0.25) is 4.79 Å². The number of benzene rings is 2. The van der Waals surface area contributed by atoms with Crippen LogP contribution in [0.4, 0.5) is 23.2 Å². The molecule has 2 aromatic rings. The zero-order chi connectivity index (χ0) is 24.0. The smallest absolute Gasteiger partial charge is 0.307 e. The second-order valence-electron chi connectivity index (χ2n) is 8.46. The summed E-state index contributed by atoms with van der Waals surface area (Å²) in [5.74, 6) is -0.950. The highest BCUT2D eigenvalue weighted by Gasteiger charge is 2.35. The minimum absolute atomic E-state index is 0.0284. The fraction of sp³-hybridized carbons (Fsp3) is 0.423. The zero-order valence-electron chi connectivity index (χ0n) is 18.9. The summed E-state index contributed by atoms with van der Waals surface area (Å²) in [4.78, 5) is 17.0. The minimum atomic E-state index is -4.53. The van der Waals surface area contributed by atoms with Gasteiger partial charge in [0, 0.05) is 30.3 Å². The summed E-state index contributed by atoms with van der Waals surface area (Å²) in [6, 6.07) is 8.72. The Kier molecular flexibility index (Phi) is 8.30. The summed E-state index contributed by atoms with van der Waals surface area (Å²) in [5.41, 5.74) is 0.419. The number of hydrogen-bond acceptors (Lipinski definition) is 2. The summed E-state index contributed by atoms with van der Waals surface area (Å²) in [6.45, 7) is 9.06. The van der Waals surface area contributed by atoms with E-state index < -0.39 is 17.6 Å². The Morgan fingerprint density at radius 3 is 2.67 bits per heavy atom. The van der Waals surface area contributed by atoms with Gasteiger partial charge in [-0.2, -0.15) is 13.2 Å². The molecule has 3 nitrogen and oxygen atoms in total. The molecule has 0 bridgehead atoms. The Balaban J connectivity index is 1.76. The maximum Gasteiger partial charge on any atom is 0.416 e. The number of fused-ring (bicyclic) bond motifs is 1. The number of carbonyl (C=O) groups is 1. The van der Waals surface area contributed by atoms with Crippen LogP contribution in [-0.4, -0.2) is 37.0 Å². The van der Waals surface area contributed by atoms with Crippen LogP contribution in [-0.2, 0) is 6.18 Å². The van der Waals surface area contributed by atoms with Crippen molar-refractivity contribution in [2.75, 3.05) is 31.1 Å². The second kappa shape index (κ2) is 11.0. The summed E-state index contributed by atoms with van der Waals surface area (Å²) in [6.07, 6.45) is 0.974. The van der Waals surface area contributed by atoms with E-state index in [-0.39, 0.29) is 17.3 Å². The number of anilines is 1. The van der Waals surface area contributed by atoms with Gasteiger partial charge in [0.15, 0.2) is 0 Å².